The summed E-state index contributed by atoms with van der Waals surface area (Å²) in [7, 11) is 1.53. The number of benzene rings is 1. The Morgan fingerprint density at radius 2 is 1.80 bits per heavy atom. The van der Waals surface area contributed by atoms with Gasteiger partial charge in [0.25, 0.3) is 5.91 Å². The van der Waals surface area contributed by atoms with Gasteiger partial charge in [-0.05, 0) is 37.6 Å². The molecule has 1 aromatic heterocycles. The van der Waals surface area contributed by atoms with Crippen molar-refractivity contribution in [3.63, 3.8) is 0 Å². The first kappa shape index (κ1) is 21.5. The molecule has 2 heterocycles. The Morgan fingerprint density at radius 1 is 1.13 bits per heavy atom. The summed E-state index contributed by atoms with van der Waals surface area (Å²) in [5, 5.41) is 13.3. The van der Waals surface area contributed by atoms with Gasteiger partial charge in [-0.3, -0.25) is 14.6 Å². The summed E-state index contributed by atoms with van der Waals surface area (Å²) in [5.74, 6) is -1.31. The van der Waals surface area contributed by atoms with E-state index in [0.29, 0.717) is 30.0 Å². The molecule has 7 heteroatoms. The Hall–Kier alpha value is -3.19. The number of hydrogen-bond donors (Lipinski definition) is 1. The number of ketones is 1. The molecule has 1 saturated heterocycles. The summed E-state index contributed by atoms with van der Waals surface area (Å²) >= 11 is 0. The van der Waals surface area contributed by atoms with Crippen LogP contribution in [0, 0.1) is 0 Å². The number of hydrogen-bond acceptors (Lipinski definition) is 5. The van der Waals surface area contributed by atoms with E-state index < -0.39 is 23.5 Å². The first-order chi connectivity index (χ1) is 14.5. The van der Waals surface area contributed by atoms with E-state index in [1.54, 1.807) is 24.3 Å². The summed E-state index contributed by atoms with van der Waals surface area (Å²) in [6.07, 6.45) is 2.99. The Balaban J connectivity index is 2.13. The van der Waals surface area contributed by atoms with E-state index in [1.165, 1.54) is 29.3 Å². The second-order valence-corrected chi connectivity index (χ2v) is 7.16. The standard InChI is InChI=1S/C23H27N3O4/c1-4-25(5-2)14-15-26-20(17-8-6-7-9-18(17)30-3)19(22(28)23(26)29)21(27)16-10-12-24-13-11-16/h6-13,20,27H,4-5,14-15H2,1-3H3. The van der Waals surface area contributed by atoms with Crippen LogP contribution in [-0.2, 0) is 9.59 Å². The monoisotopic (exact) mass is 409 g/mol. The minimum absolute atomic E-state index is 0.0368. The molecule has 0 bridgehead atoms. The smallest absolute Gasteiger partial charge is 0.295 e. The van der Waals surface area contributed by atoms with Crippen LogP contribution in [0.2, 0.25) is 0 Å². The van der Waals surface area contributed by atoms with E-state index in [-0.39, 0.29) is 5.57 Å². The number of para-hydroxylation sites is 1. The fraction of sp³-hybridized carbons (Fsp3) is 0.348. The quantitative estimate of drug-likeness (QED) is 0.383. The number of nitrogens with one attached hydrogen (secondary N) is 1. The fourth-order valence-corrected chi connectivity index (χ4v) is 3.86. The van der Waals surface area contributed by atoms with Gasteiger partial charge in [0.1, 0.15) is 5.75 Å². The van der Waals surface area contributed by atoms with Crippen molar-refractivity contribution in [1.82, 2.24) is 9.88 Å². The van der Waals surface area contributed by atoms with Crippen LogP contribution in [0.1, 0.15) is 31.0 Å². The largest absolute Gasteiger partial charge is 0.872 e. The number of Topliss-reactive ketones (excluding diaryl/α,β-unsaturated/α-hetero) is 1. The summed E-state index contributed by atoms with van der Waals surface area (Å²) in [6, 6.07) is 9.52. The zero-order chi connectivity index (χ0) is 21.7. The third-order valence-corrected chi connectivity index (χ3v) is 5.61. The van der Waals surface area contributed by atoms with Crippen molar-refractivity contribution >= 4 is 17.4 Å². The summed E-state index contributed by atoms with van der Waals surface area (Å²) in [5.41, 5.74) is 0.925. The number of likely N-dealkylation sites (N-methyl/N-ethyl adjacent to an activating group) is 1. The topological polar surface area (TPSA) is 87.0 Å². The number of rotatable bonds is 8. The van der Waals surface area contributed by atoms with Crippen LogP contribution in [0.3, 0.4) is 0 Å². The van der Waals surface area contributed by atoms with Crippen molar-refractivity contribution in [2.24, 2.45) is 0 Å². The number of carbonyl (C=O) groups is 2. The molecule has 1 aliphatic heterocycles. The Morgan fingerprint density at radius 3 is 2.43 bits per heavy atom. The van der Waals surface area contributed by atoms with E-state index in [4.69, 9.17) is 4.74 Å². The third-order valence-electron chi connectivity index (χ3n) is 5.61. The van der Waals surface area contributed by atoms with Crippen molar-refractivity contribution in [3.05, 3.63) is 65.5 Å². The van der Waals surface area contributed by atoms with Crippen molar-refractivity contribution in [2.45, 2.75) is 19.9 Å². The van der Waals surface area contributed by atoms with Gasteiger partial charge in [0.2, 0.25) is 5.78 Å². The first-order valence-corrected chi connectivity index (χ1v) is 10.2. The molecule has 1 atom stereocenters. The highest BCUT2D eigenvalue weighted by atomic mass is 16.5. The molecule has 1 fully saturated rings. The minimum Gasteiger partial charge on any atom is -0.872 e. The van der Waals surface area contributed by atoms with Gasteiger partial charge < -0.3 is 19.6 Å². The van der Waals surface area contributed by atoms with Gasteiger partial charge in [-0.1, -0.05) is 24.0 Å². The predicted molar refractivity (Wildman–Crippen MR) is 111 cm³/mol. The molecule has 158 valence electrons. The number of likely N-dealkylation sites (tertiary alicyclic amines) is 1. The number of amides is 1. The summed E-state index contributed by atoms with van der Waals surface area (Å²) in [6.45, 7) is 7.05. The number of carbonyl (C=O) groups excluding carboxylic acids is 2. The van der Waals surface area contributed by atoms with Gasteiger partial charge in [0.05, 0.1) is 39.3 Å². The summed E-state index contributed by atoms with van der Waals surface area (Å²) < 4.78 is 5.49. The van der Waals surface area contributed by atoms with Crippen LogP contribution in [0.5, 0.6) is 5.75 Å². The average Bonchev–Trinajstić information content (AvgIpc) is 3.04. The highest BCUT2D eigenvalue weighted by Gasteiger charge is 2.45. The van der Waals surface area contributed by atoms with E-state index in [1.807, 2.05) is 12.1 Å². The first-order valence-electron chi connectivity index (χ1n) is 10.2. The lowest BCUT2D eigenvalue weighted by Gasteiger charge is -2.29. The second kappa shape index (κ2) is 9.54. The van der Waals surface area contributed by atoms with Gasteiger partial charge in [0.15, 0.2) is 0 Å². The molecule has 0 radical (unpaired) electrons. The normalized spacial score (nSPS) is 18.3. The molecule has 7 nitrogen and oxygen atoms in total. The minimum atomic E-state index is -0.781. The lowest BCUT2D eigenvalue weighted by molar-refractivity contribution is -0.895. The third kappa shape index (κ3) is 4.07. The van der Waals surface area contributed by atoms with E-state index in [2.05, 4.69) is 18.8 Å². The van der Waals surface area contributed by atoms with Crippen molar-refractivity contribution in [2.75, 3.05) is 33.3 Å². The van der Waals surface area contributed by atoms with E-state index in [0.717, 1.165) is 13.1 Å². The highest BCUT2D eigenvalue weighted by molar-refractivity contribution is 6.46. The maximum absolute atomic E-state index is 13.3. The van der Waals surface area contributed by atoms with Gasteiger partial charge in [0, 0.05) is 23.5 Å². The molecule has 0 spiro atoms. The van der Waals surface area contributed by atoms with Gasteiger partial charge in [-0.15, -0.1) is 0 Å². The molecule has 0 saturated carbocycles. The molecule has 1 aliphatic rings. The van der Waals surface area contributed by atoms with Crippen LogP contribution in [0.15, 0.2) is 54.4 Å². The molecule has 3 rings (SSSR count). The number of quaternary nitrogens is 1. The molecule has 1 amide bonds. The van der Waals surface area contributed by atoms with E-state index >= 15 is 0 Å². The predicted octanol–water partition coefficient (Wildman–Crippen LogP) is 0.239. The van der Waals surface area contributed by atoms with Crippen LogP contribution >= 0.6 is 0 Å². The average molecular weight is 409 g/mol. The molecule has 2 aromatic rings. The van der Waals surface area contributed by atoms with Crippen LogP contribution in [0.25, 0.3) is 5.76 Å². The van der Waals surface area contributed by atoms with E-state index in [9.17, 15) is 14.7 Å². The van der Waals surface area contributed by atoms with Gasteiger partial charge >= 0.3 is 0 Å². The van der Waals surface area contributed by atoms with Gasteiger partial charge in [-0.25, -0.2) is 0 Å². The van der Waals surface area contributed by atoms with Crippen LogP contribution in [0.4, 0.5) is 0 Å². The van der Waals surface area contributed by atoms with Crippen LogP contribution < -0.4 is 14.7 Å². The molecule has 0 aliphatic carbocycles. The lowest BCUT2D eigenvalue weighted by Crippen LogP contribution is -3.12. The number of methoxy groups -OCH3 is 1. The fourth-order valence-electron chi connectivity index (χ4n) is 3.86. The number of pyridine rings is 1. The van der Waals surface area contributed by atoms with Crippen LogP contribution in [-0.4, -0.2) is 54.9 Å². The second-order valence-electron chi connectivity index (χ2n) is 7.16. The number of nitrogens with zero attached hydrogens (tertiary/aromatic N) is 2. The van der Waals surface area contributed by atoms with Crippen molar-refractivity contribution < 1.29 is 24.3 Å². The molecule has 1 unspecified atom stereocenters. The van der Waals surface area contributed by atoms with Crippen molar-refractivity contribution in [3.8, 4) is 5.75 Å². The molecule has 30 heavy (non-hydrogen) atoms. The van der Waals surface area contributed by atoms with Gasteiger partial charge in [-0.2, -0.15) is 0 Å². The lowest BCUT2D eigenvalue weighted by atomic mass is 9.95. The van der Waals surface area contributed by atoms with Crippen molar-refractivity contribution in [1.29, 1.82) is 0 Å². The highest BCUT2D eigenvalue weighted by Crippen LogP contribution is 2.41. The zero-order valence-corrected chi connectivity index (χ0v) is 17.6. The molecular formula is C23H27N3O4. The zero-order valence-electron chi connectivity index (χ0n) is 17.6. The Bertz CT molecular complexity index is 938. The molecule has 1 aromatic carbocycles. The Kier molecular flexibility index (Phi) is 6.84. The number of aromatic nitrogens is 1. The Labute approximate surface area is 176 Å². The number of ether oxygens (including phenoxy) is 1. The molecule has 1 N–H and O–H groups in total. The summed E-state index contributed by atoms with van der Waals surface area (Å²) in [4.78, 5) is 32.7. The SMILES string of the molecule is CC[NH+](CC)CCN1C(=O)C(=O)C(=C([O-])c2ccncc2)C1c1ccccc1OC. The molecular weight excluding hydrogens is 382 g/mol. The maximum Gasteiger partial charge on any atom is 0.295 e. The maximum atomic E-state index is 13.3.